The fourth-order valence-corrected chi connectivity index (χ4v) is 3.03. The highest BCUT2D eigenvalue weighted by Crippen LogP contribution is 2.30. The van der Waals surface area contributed by atoms with Gasteiger partial charge in [0.25, 0.3) is 0 Å². The first kappa shape index (κ1) is 15.6. The molecule has 0 bridgehead atoms. The second-order valence-corrected chi connectivity index (χ2v) is 5.81. The van der Waals surface area contributed by atoms with Gasteiger partial charge in [-0.1, -0.05) is 24.6 Å². The Balaban J connectivity index is 2.02. The van der Waals surface area contributed by atoms with E-state index in [9.17, 15) is 0 Å². The molecule has 2 N–H and O–H groups in total. The van der Waals surface area contributed by atoms with Gasteiger partial charge in [-0.2, -0.15) is 0 Å². The van der Waals surface area contributed by atoms with Crippen molar-refractivity contribution >= 4 is 17.3 Å². The fourth-order valence-electron chi connectivity index (χ4n) is 2.71. The van der Waals surface area contributed by atoms with E-state index in [2.05, 4.69) is 24.0 Å². The molecular formula is C16H25ClN2O. The average molecular weight is 297 g/mol. The zero-order chi connectivity index (χ0) is 14.4. The van der Waals surface area contributed by atoms with Crippen LogP contribution in [0.1, 0.15) is 31.7 Å². The molecule has 1 aliphatic rings. The van der Waals surface area contributed by atoms with E-state index in [1.807, 2.05) is 6.07 Å². The van der Waals surface area contributed by atoms with E-state index in [4.69, 9.17) is 22.1 Å². The van der Waals surface area contributed by atoms with Crippen LogP contribution in [0.5, 0.6) is 0 Å². The molecule has 4 heteroatoms. The summed E-state index contributed by atoms with van der Waals surface area (Å²) < 4.78 is 5.88. The van der Waals surface area contributed by atoms with E-state index in [0.29, 0.717) is 12.6 Å². The van der Waals surface area contributed by atoms with Crippen LogP contribution in [-0.2, 0) is 11.2 Å². The van der Waals surface area contributed by atoms with Crippen LogP contribution < -0.4 is 10.6 Å². The van der Waals surface area contributed by atoms with Gasteiger partial charge in [0.1, 0.15) is 0 Å². The molecular weight excluding hydrogens is 272 g/mol. The lowest BCUT2D eigenvalue weighted by atomic mass is 10.1. The minimum absolute atomic E-state index is 0.337. The predicted molar refractivity (Wildman–Crippen MR) is 85.7 cm³/mol. The van der Waals surface area contributed by atoms with Crippen molar-refractivity contribution in [1.82, 2.24) is 0 Å². The summed E-state index contributed by atoms with van der Waals surface area (Å²) in [6.45, 7) is 5.65. The Morgan fingerprint density at radius 2 is 2.30 bits per heavy atom. The van der Waals surface area contributed by atoms with E-state index < -0.39 is 0 Å². The summed E-state index contributed by atoms with van der Waals surface area (Å²) in [5.74, 6) is 0. The van der Waals surface area contributed by atoms with Crippen molar-refractivity contribution in [2.45, 2.75) is 38.7 Å². The molecule has 1 aromatic carbocycles. The maximum Gasteiger partial charge on any atom is 0.0750 e. The van der Waals surface area contributed by atoms with Crippen LogP contribution in [0.3, 0.4) is 0 Å². The molecule has 0 aromatic heterocycles. The van der Waals surface area contributed by atoms with Crippen molar-refractivity contribution in [1.29, 1.82) is 0 Å². The summed E-state index contributed by atoms with van der Waals surface area (Å²) in [5, 5.41) is 0.826. The summed E-state index contributed by atoms with van der Waals surface area (Å²) in [7, 11) is 0. The second kappa shape index (κ2) is 7.87. The first-order valence-corrected chi connectivity index (χ1v) is 7.97. The summed E-state index contributed by atoms with van der Waals surface area (Å²) in [4.78, 5) is 2.35. The maximum atomic E-state index is 6.43. The summed E-state index contributed by atoms with van der Waals surface area (Å²) in [6.07, 6.45) is 4.60. The number of hydrogen-bond donors (Lipinski definition) is 1. The number of piperidine rings is 1. The minimum Gasteiger partial charge on any atom is -0.376 e. The fraction of sp³-hybridized carbons (Fsp3) is 0.625. The van der Waals surface area contributed by atoms with Gasteiger partial charge in [0.05, 0.1) is 16.8 Å². The SMILES string of the molecule is CCCOC1CCCN(c2ccc(CCN)cc2Cl)C1. The molecule has 3 nitrogen and oxygen atoms in total. The summed E-state index contributed by atoms with van der Waals surface area (Å²) in [6, 6.07) is 6.29. The largest absolute Gasteiger partial charge is 0.376 e. The molecule has 2 rings (SSSR count). The van der Waals surface area contributed by atoms with Gasteiger partial charge < -0.3 is 15.4 Å². The highest BCUT2D eigenvalue weighted by molar-refractivity contribution is 6.33. The van der Waals surface area contributed by atoms with E-state index in [-0.39, 0.29) is 0 Å². The number of nitrogens with two attached hydrogens (primary N) is 1. The van der Waals surface area contributed by atoms with Crippen molar-refractivity contribution < 1.29 is 4.74 Å². The Hall–Kier alpha value is -0.770. The van der Waals surface area contributed by atoms with E-state index in [1.54, 1.807) is 0 Å². The molecule has 1 fully saturated rings. The third-order valence-corrected chi connectivity index (χ3v) is 4.02. The quantitative estimate of drug-likeness (QED) is 0.876. The zero-order valence-corrected chi connectivity index (χ0v) is 13.0. The van der Waals surface area contributed by atoms with Gasteiger partial charge in [0, 0.05) is 19.7 Å². The van der Waals surface area contributed by atoms with Crippen molar-refractivity contribution in [2.75, 3.05) is 31.1 Å². The van der Waals surface area contributed by atoms with Gasteiger partial charge in [-0.3, -0.25) is 0 Å². The highest BCUT2D eigenvalue weighted by atomic mass is 35.5. The molecule has 0 saturated carbocycles. The first-order chi connectivity index (χ1) is 9.74. The van der Waals surface area contributed by atoms with Crippen LogP contribution in [0.4, 0.5) is 5.69 Å². The smallest absolute Gasteiger partial charge is 0.0750 e. The Bertz CT molecular complexity index is 425. The third kappa shape index (κ3) is 4.11. The number of rotatable bonds is 6. The Kier molecular flexibility index (Phi) is 6.14. The molecule has 1 heterocycles. The molecule has 1 aliphatic heterocycles. The topological polar surface area (TPSA) is 38.5 Å². The number of halogens is 1. The molecule has 0 spiro atoms. The molecule has 1 aromatic rings. The highest BCUT2D eigenvalue weighted by Gasteiger charge is 2.21. The van der Waals surface area contributed by atoms with Crippen LogP contribution in [-0.4, -0.2) is 32.3 Å². The molecule has 0 aliphatic carbocycles. The average Bonchev–Trinajstić information content (AvgIpc) is 2.46. The Morgan fingerprint density at radius 3 is 3.00 bits per heavy atom. The number of anilines is 1. The number of nitrogens with zero attached hydrogens (tertiary/aromatic N) is 1. The van der Waals surface area contributed by atoms with Crippen LogP contribution in [0, 0.1) is 0 Å². The van der Waals surface area contributed by atoms with Gasteiger partial charge >= 0.3 is 0 Å². The third-order valence-electron chi connectivity index (χ3n) is 3.72. The lowest BCUT2D eigenvalue weighted by Crippen LogP contribution is -2.40. The van der Waals surface area contributed by atoms with Gasteiger partial charge in [-0.25, -0.2) is 0 Å². The van der Waals surface area contributed by atoms with Crippen molar-refractivity contribution in [3.05, 3.63) is 28.8 Å². The lowest BCUT2D eigenvalue weighted by Gasteiger charge is -2.34. The van der Waals surface area contributed by atoms with E-state index in [1.165, 1.54) is 5.56 Å². The van der Waals surface area contributed by atoms with Gasteiger partial charge in [0.2, 0.25) is 0 Å². The van der Waals surface area contributed by atoms with Gasteiger partial charge in [-0.15, -0.1) is 0 Å². The second-order valence-electron chi connectivity index (χ2n) is 5.41. The summed E-state index contributed by atoms with van der Waals surface area (Å²) in [5.41, 5.74) is 7.91. The zero-order valence-electron chi connectivity index (χ0n) is 12.3. The standard InChI is InChI=1S/C16H25ClN2O/c1-2-10-20-14-4-3-9-19(12-14)16-6-5-13(7-8-18)11-15(16)17/h5-6,11,14H,2-4,7-10,12,18H2,1H3. The first-order valence-electron chi connectivity index (χ1n) is 7.59. The molecule has 1 saturated heterocycles. The van der Waals surface area contributed by atoms with E-state index >= 15 is 0 Å². The summed E-state index contributed by atoms with van der Waals surface area (Å²) >= 11 is 6.43. The van der Waals surface area contributed by atoms with Gasteiger partial charge in [-0.05, 0) is 49.9 Å². The Morgan fingerprint density at radius 1 is 1.45 bits per heavy atom. The molecule has 20 heavy (non-hydrogen) atoms. The number of ether oxygens (including phenoxy) is 1. The van der Waals surface area contributed by atoms with Crippen molar-refractivity contribution in [3.63, 3.8) is 0 Å². The van der Waals surface area contributed by atoms with Crippen LogP contribution in [0.2, 0.25) is 5.02 Å². The van der Waals surface area contributed by atoms with E-state index in [0.717, 1.165) is 56.1 Å². The number of benzene rings is 1. The molecule has 112 valence electrons. The van der Waals surface area contributed by atoms with Gasteiger partial charge in [0.15, 0.2) is 0 Å². The van der Waals surface area contributed by atoms with Crippen molar-refractivity contribution in [3.8, 4) is 0 Å². The predicted octanol–water partition coefficient (Wildman–Crippen LogP) is 3.24. The van der Waals surface area contributed by atoms with Crippen molar-refractivity contribution in [2.24, 2.45) is 5.73 Å². The van der Waals surface area contributed by atoms with Crippen LogP contribution in [0.25, 0.3) is 0 Å². The molecule has 0 radical (unpaired) electrons. The molecule has 1 atom stereocenters. The molecule has 1 unspecified atom stereocenters. The molecule has 0 amide bonds. The number of hydrogen-bond acceptors (Lipinski definition) is 3. The minimum atomic E-state index is 0.337. The maximum absolute atomic E-state index is 6.43. The van der Waals surface area contributed by atoms with Crippen LogP contribution in [0.15, 0.2) is 18.2 Å². The van der Waals surface area contributed by atoms with Crippen LogP contribution >= 0.6 is 11.6 Å². The Labute approximate surface area is 127 Å². The normalized spacial score (nSPS) is 19.4. The monoisotopic (exact) mass is 296 g/mol. The lowest BCUT2D eigenvalue weighted by molar-refractivity contribution is 0.0440.